The van der Waals surface area contributed by atoms with Crippen molar-refractivity contribution in [3.05, 3.63) is 88.8 Å². The molecule has 0 aliphatic carbocycles. The maximum atomic E-state index is 13.9. The van der Waals surface area contributed by atoms with Crippen molar-refractivity contribution in [1.82, 2.24) is 25.3 Å². The molecule has 0 saturated carbocycles. The molecular formula is C26H23FN6O2. The fraction of sp³-hybridized carbons (Fsp3) is 0.154. The zero-order chi connectivity index (χ0) is 24.5. The highest BCUT2D eigenvalue weighted by Crippen LogP contribution is 2.40. The summed E-state index contributed by atoms with van der Waals surface area (Å²) in [5.41, 5.74) is 5.87. The Kier molecular flexibility index (Phi) is 5.74. The second-order valence-corrected chi connectivity index (χ2v) is 8.34. The predicted octanol–water partition coefficient (Wildman–Crippen LogP) is 3.95. The SMILES string of the molecule is Cc1[nH]c(C=C2C(=O)Nc3cccc(-c4cccc(F)c4)c32)c(C)c1C(=O)NCCn1ccnn1. The van der Waals surface area contributed by atoms with Crippen molar-refractivity contribution in [3.8, 4) is 11.1 Å². The van der Waals surface area contributed by atoms with E-state index in [1.807, 2.05) is 38.1 Å². The van der Waals surface area contributed by atoms with Crippen LogP contribution in [-0.4, -0.2) is 38.3 Å². The molecule has 2 aromatic carbocycles. The van der Waals surface area contributed by atoms with Crippen LogP contribution in [0.2, 0.25) is 0 Å². The Balaban J connectivity index is 1.47. The lowest BCUT2D eigenvalue weighted by atomic mass is 9.94. The first-order chi connectivity index (χ1) is 16.9. The Morgan fingerprint density at radius 1 is 1.20 bits per heavy atom. The third-order valence-corrected chi connectivity index (χ3v) is 6.05. The van der Waals surface area contributed by atoms with Gasteiger partial charge in [0.2, 0.25) is 0 Å². The Labute approximate surface area is 200 Å². The number of fused-ring (bicyclic) bond motifs is 1. The molecule has 35 heavy (non-hydrogen) atoms. The first-order valence-electron chi connectivity index (χ1n) is 11.2. The molecule has 8 nitrogen and oxygen atoms in total. The molecule has 0 fully saturated rings. The number of carbonyl (C=O) groups excluding carboxylic acids is 2. The minimum absolute atomic E-state index is 0.210. The summed E-state index contributed by atoms with van der Waals surface area (Å²) in [5.74, 6) is -0.815. The number of aryl methyl sites for hydroxylation is 1. The zero-order valence-corrected chi connectivity index (χ0v) is 19.2. The van der Waals surface area contributed by atoms with Gasteiger partial charge < -0.3 is 15.6 Å². The Morgan fingerprint density at radius 2 is 2.03 bits per heavy atom. The van der Waals surface area contributed by atoms with Crippen LogP contribution in [0.5, 0.6) is 0 Å². The van der Waals surface area contributed by atoms with Crippen LogP contribution in [0.25, 0.3) is 22.8 Å². The third kappa shape index (κ3) is 4.23. The van der Waals surface area contributed by atoms with Crippen LogP contribution in [0, 0.1) is 19.7 Å². The average Bonchev–Trinajstić information content (AvgIpc) is 3.52. The van der Waals surface area contributed by atoms with Gasteiger partial charge in [-0.3, -0.25) is 14.3 Å². The quantitative estimate of drug-likeness (QED) is 0.371. The van der Waals surface area contributed by atoms with Gasteiger partial charge >= 0.3 is 0 Å². The fourth-order valence-electron chi connectivity index (χ4n) is 4.41. The van der Waals surface area contributed by atoms with Crippen molar-refractivity contribution < 1.29 is 14.0 Å². The monoisotopic (exact) mass is 470 g/mol. The van der Waals surface area contributed by atoms with Gasteiger partial charge in [-0.2, -0.15) is 0 Å². The van der Waals surface area contributed by atoms with E-state index in [0.29, 0.717) is 52.4 Å². The second kappa shape index (κ2) is 9.02. The van der Waals surface area contributed by atoms with Crippen LogP contribution in [0.3, 0.4) is 0 Å². The predicted molar refractivity (Wildman–Crippen MR) is 131 cm³/mol. The molecule has 0 atom stereocenters. The van der Waals surface area contributed by atoms with E-state index >= 15 is 0 Å². The maximum absolute atomic E-state index is 13.9. The van der Waals surface area contributed by atoms with E-state index in [9.17, 15) is 14.0 Å². The van der Waals surface area contributed by atoms with Crippen LogP contribution < -0.4 is 10.6 Å². The summed E-state index contributed by atoms with van der Waals surface area (Å²) in [6.07, 6.45) is 5.06. The number of carbonyl (C=O) groups is 2. The average molecular weight is 471 g/mol. The molecule has 0 unspecified atom stereocenters. The molecule has 0 bridgehead atoms. The van der Waals surface area contributed by atoms with Crippen molar-refractivity contribution in [2.45, 2.75) is 20.4 Å². The highest BCUT2D eigenvalue weighted by atomic mass is 19.1. The Morgan fingerprint density at radius 3 is 2.80 bits per heavy atom. The Bertz CT molecular complexity index is 1470. The summed E-state index contributed by atoms with van der Waals surface area (Å²) in [5, 5.41) is 13.4. The van der Waals surface area contributed by atoms with Gasteiger partial charge in [0.25, 0.3) is 11.8 Å². The first-order valence-corrected chi connectivity index (χ1v) is 11.2. The van der Waals surface area contributed by atoms with E-state index < -0.39 is 0 Å². The van der Waals surface area contributed by atoms with Gasteiger partial charge in [-0.25, -0.2) is 4.39 Å². The summed E-state index contributed by atoms with van der Waals surface area (Å²) in [6.45, 7) is 4.57. The maximum Gasteiger partial charge on any atom is 0.256 e. The number of anilines is 1. The number of hydrogen-bond donors (Lipinski definition) is 3. The lowest BCUT2D eigenvalue weighted by molar-refractivity contribution is -0.110. The number of hydrogen-bond acceptors (Lipinski definition) is 4. The number of amides is 2. The van der Waals surface area contributed by atoms with Gasteiger partial charge in [-0.05, 0) is 54.8 Å². The fourth-order valence-corrected chi connectivity index (χ4v) is 4.41. The highest BCUT2D eigenvalue weighted by Gasteiger charge is 2.28. The molecular weight excluding hydrogens is 447 g/mol. The molecule has 2 aromatic heterocycles. The van der Waals surface area contributed by atoms with E-state index in [4.69, 9.17) is 0 Å². The molecule has 5 rings (SSSR count). The topological polar surface area (TPSA) is 105 Å². The van der Waals surface area contributed by atoms with Gasteiger partial charge in [0.1, 0.15) is 5.82 Å². The van der Waals surface area contributed by atoms with Crippen molar-refractivity contribution >= 4 is 29.2 Å². The van der Waals surface area contributed by atoms with Crippen LogP contribution in [0.1, 0.15) is 32.9 Å². The molecule has 0 saturated heterocycles. The molecule has 3 N–H and O–H groups in total. The first kappa shape index (κ1) is 22.3. The normalized spacial score (nSPS) is 13.7. The minimum Gasteiger partial charge on any atom is -0.358 e. The summed E-state index contributed by atoms with van der Waals surface area (Å²) < 4.78 is 15.6. The van der Waals surface area contributed by atoms with E-state index in [2.05, 4.69) is 25.9 Å². The van der Waals surface area contributed by atoms with Crippen molar-refractivity contribution in [2.24, 2.45) is 0 Å². The van der Waals surface area contributed by atoms with Gasteiger partial charge in [0.05, 0.1) is 23.9 Å². The largest absolute Gasteiger partial charge is 0.358 e. The molecule has 176 valence electrons. The standard InChI is InChI=1S/C26H23FN6O2/c1-15-22(30-16(2)23(15)26(35)28-9-11-33-12-10-29-32-33)14-20-24-19(17-5-3-6-18(27)13-17)7-4-8-21(24)31-25(20)34/h3-8,10,12-14,30H,9,11H2,1-2H3,(H,28,35)(H,31,34). The van der Waals surface area contributed by atoms with E-state index in [-0.39, 0.29) is 17.6 Å². The molecule has 0 spiro atoms. The van der Waals surface area contributed by atoms with Crippen molar-refractivity contribution in [1.29, 1.82) is 0 Å². The lowest BCUT2D eigenvalue weighted by Crippen LogP contribution is -2.28. The number of H-pyrrole nitrogens is 1. The van der Waals surface area contributed by atoms with Crippen molar-refractivity contribution in [3.63, 3.8) is 0 Å². The molecule has 0 radical (unpaired) electrons. The lowest BCUT2D eigenvalue weighted by Gasteiger charge is -2.09. The van der Waals surface area contributed by atoms with Gasteiger partial charge in [0.15, 0.2) is 0 Å². The molecule has 1 aliphatic heterocycles. The van der Waals surface area contributed by atoms with E-state index in [0.717, 1.165) is 11.1 Å². The minimum atomic E-state index is -0.349. The number of nitrogens with one attached hydrogen (secondary N) is 3. The van der Waals surface area contributed by atoms with Crippen LogP contribution in [-0.2, 0) is 11.3 Å². The number of benzene rings is 2. The second-order valence-electron chi connectivity index (χ2n) is 8.34. The number of nitrogens with zero attached hydrogens (tertiary/aromatic N) is 3. The number of aromatic nitrogens is 4. The van der Waals surface area contributed by atoms with E-state index in [1.165, 1.54) is 12.1 Å². The molecule has 1 aliphatic rings. The molecule has 2 amide bonds. The third-order valence-electron chi connectivity index (χ3n) is 6.05. The number of halogens is 1. The molecule has 4 aromatic rings. The zero-order valence-electron chi connectivity index (χ0n) is 19.2. The Hall–Kier alpha value is -4.53. The molecule has 3 heterocycles. The summed E-state index contributed by atoms with van der Waals surface area (Å²) in [6, 6.07) is 11.8. The summed E-state index contributed by atoms with van der Waals surface area (Å²) in [4.78, 5) is 29.0. The smallest absolute Gasteiger partial charge is 0.256 e. The van der Waals surface area contributed by atoms with Gasteiger partial charge in [-0.1, -0.05) is 29.5 Å². The summed E-state index contributed by atoms with van der Waals surface area (Å²) >= 11 is 0. The van der Waals surface area contributed by atoms with Crippen LogP contribution >= 0.6 is 0 Å². The van der Waals surface area contributed by atoms with Gasteiger partial charge in [-0.15, -0.1) is 5.10 Å². The summed E-state index contributed by atoms with van der Waals surface area (Å²) in [7, 11) is 0. The number of rotatable bonds is 6. The highest BCUT2D eigenvalue weighted by molar-refractivity contribution is 6.36. The molecule has 9 heteroatoms. The van der Waals surface area contributed by atoms with Crippen LogP contribution in [0.15, 0.2) is 54.9 Å². The van der Waals surface area contributed by atoms with Gasteiger partial charge in [0, 0.05) is 35.4 Å². The van der Waals surface area contributed by atoms with Crippen LogP contribution in [0.4, 0.5) is 10.1 Å². The number of aromatic amines is 1. The van der Waals surface area contributed by atoms with Crippen molar-refractivity contribution in [2.75, 3.05) is 11.9 Å². The van der Waals surface area contributed by atoms with E-state index in [1.54, 1.807) is 29.2 Å².